The van der Waals surface area contributed by atoms with Gasteiger partial charge in [0.25, 0.3) is 5.69 Å². The Hall–Kier alpha value is -2.12. The SMILES string of the molecule is CCN(Cc1ccc(Cl)s1)C(=O)Nc1ccc([N+](=O)[O-])c(C)c1. The van der Waals surface area contributed by atoms with Crippen LogP contribution in [0, 0.1) is 17.0 Å². The van der Waals surface area contributed by atoms with Gasteiger partial charge in [-0.1, -0.05) is 11.6 Å². The van der Waals surface area contributed by atoms with Crippen LogP contribution in [-0.2, 0) is 6.54 Å². The van der Waals surface area contributed by atoms with Gasteiger partial charge in [0.05, 0.1) is 15.8 Å². The van der Waals surface area contributed by atoms with Gasteiger partial charge in [-0.15, -0.1) is 11.3 Å². The first-order chi connectivity index (χ1) is 10.9. The maximum absolute atomic E-state index is 12.3. The molecular formula is C15H16ClN3O3S. The second kappa shape index (κ2) is 7.43. The predicted molar refractivity (Wildman–Crippen MR) is 92.3 cm³/mol. The molecule has 0 aliphatic carbocycles. The molecule has 23 heavy (non-hydrogen) atoms. The van der Waals surface area contributed by atoms with Crippen molar-refractivity contribution in [1.29, 1.82) is 0 Å². The normalized spacial score (nSPS) is 10.4. The molecule has 0 fully saturated rings. The molecule has 1 N–H and O–H groups in total. The summed E-state index contributed by atoms with van der Waals surface area (Å²) in [6, 6.07) is 7.93. The van der Waals surface area contributed by atoms with Crippen molar-refractivity contribution >= 4 is 40.3 Å². The number of nitro benzene ring substituents is 1. The quantitative estimate of drug-likeness (QED) is 0.626. The van der Waals surface area contributed by atoms with Crippen LogP contribution >= 0.6 is 22.9 Å². The first kappa shape index (κ1) is 17.2. The second-order valence-electron chi connectivity index (χ2n) is 4.91. The number of amides is 2. The Labute approximate surface area is 142 Å². The van der Waals surface area contributed by atoms with Gasteiger partial charge in [-0.05, 0) is 38.1 Å². The molecule has 0 aliphatic heterocycles. The Balaban J connectivity index is 2.07. The number of nitro groups is 1. The minimum Gasteiger partial charge on any atom is -0.320 e. The predicted octanol–water partition coefficient (Wildman–Crippen LogP) is 4.67. The summed E-state index contributed by atoms with van der Waals surface area (Å²) < 4.78 is 0.683. The van der Waals surface area contributed by atoms with E-state index >= 15 is 0 Å². The van der Waals surface area contributed by atoms with E-state index < -0.39 is 4.92 Å². The molecule has 0 saturated heterocycles. The zero-order valence-corrected chi connectivity index (χ0v) is 14.3. The van der Waals surface area contributed by atoms with Crippen LogP contribution in [-0.4, -0.2) is 22.4 Å². The van der Waals surface area contributed by atoms with Gasteiger partial charge < -0.3 is 10.2 Å². The molecule has 1 aromatic carbocycles. The minimum absolute atomic E-state index is 0.0311. The Kier molecular flexibility index (Phi) is 5.57. The molecule has 6 nitrogen and oxygen atoms in total. The zero-order valence-electron chi connectivity index (χ0n) is 12.7. The van der Waals surface area contributed by atoms with Gasteiger partial charge in [-0.2, -0.15) is 0 Å². The molecule has 1 heterocycles. The highest BCUT2D eigenvalue weighted by atomic mass is 35.5. The van der Waals surface area contributed by atoms with E-state index in [2.05, 4.69) is 5.32 Å². The summed E-state index contributed by atoms with van der Waals surface area (Å²) in [6.45, 7) is 4.52. The van der Waals surface area contributed by atoms with E-state index in [-0.39, 0.29) is 11.7 Å². The molecule has 0 radical (unpaired) electrons. The Bertz CT molecular complexity index is 733. The molecule has 122 valence electrons. The third kappa shape index (κ3) is 4.43. The number of carbonyl (C=O) groups is 1. The monoisotopic (exact) mass is 353 g/mol. The maximum atomic E-state index is 12.3. The van der Waals surface area contributed by atoms with Gasteiger partial charge in [0, 0.05) is 28.7 Å². The molecule has 0 unspecified atom stereocenters. The summed E-state index contributed by atoms with van der Waals surface area (Å²) in [5.74, 6) is 0. The van der Waals surface area contributed by atoms with Crippen LogP contribution in [0.2, 0.25) is 4.34 Å². The molecule has 0 spiro atoms. The number of aryl methyl sites for hydroxylation is 1. The highest BCUT2D eigenvalue weighted by molar-refractivity contribution is 7.16. The average Bonchev–Trinajstić information content (AvgIpc) is 2.89. The molecule has 0 saturated carbocycles. The number of hydrogen-bond donors (Lipinski definition) is 1. The molecule has 1 aromatic heterocycles. The molecular weight excluding hydrogens is 338 g/mol. The molecule has 2 aromatic rings. The fourth-order valence-electron chi connectivity index (χ4n) is 2.09. The van der Waals surface area contributed by atoms with Gasteiger partial charge in [-0.25, -0.2) is 4.79 Å². The smallest absolute Gasteiger partial charge is 0.320 e. The first-order valence-corrected chi connectivity index (χ1v) is 8.15. The van der Waals surface area contributed by atoms with E-state index in [0.29, 0.717) is 28.7 Å². The van der Waals surface area contributed by atoms with Crippen LogP contribution in [0.15, 0.2) is 30.3 Å². The van der Waals surface area contributed by atoms with Gasteiger partial charge in [0.15, 0.2) is 0 Å². The summed E-state index contributed by atoms with van der Waals surface area (Å²) in [6.07, 6.45) is 0. The van der Waals surface area contributed by atoms with Crippen LogP contribution in [0.1, 0.15) is 17.4 Å². The molecule has 0 aliphatic rings. The lowest BCUT2D eigenvalue weighted by Crippen LogP contribution is -2.34. The van der Waals surface area contributed by atoms with Crippen LogP contribution in [0.3, 0.4) is 0 Å². The number of anilines is 1. The fourth-order valence-corrected chi connectivity index (χ4v) is 3.20. The van der Waals surface area contributed by atoms with Crippen molar-refractivity contribution in [3.63, 3.8) is 0 Å². The molecule has 2 amide bonds. The van der Waals surface area contributed by atoms with Gasteiger partial charge in [0.2, 0.25) is 0 Å². The number of nitrogens with one attached hydrogen (secondary N) is 1. The number of thiophene rings is 1. The summed E-state index contributed by atoms with van der Waals surface area (Å²) in [5, 5.41) is 13.6. The van der Waals surface area contributed by atoms with Crippen molar-refractivity contribution in [2.75, 3.05) is 11.9 Å². The first-order valence-electron chi connectivity index (χ1n) is 6.96. The lowest BCUT2D eigenvalue weighted by molar-refractivity contribution is -0.385. The van der Waals surface area contributed by atoms with Crippen LogP contribution in [0.25, 0.3) is 0 Å². The third-order valence-electron chi connectivity index (χ3n) is 3.29. The van der Waals surface area contributed by atoms with E-state index in [4.69, 9.17) is 11.6 Å². The Morgan fingerprint density at radius 3 is 2.65 bits per heavy atom. The van der Waals surface area contributed by atoms with Gasteiger partial charge in [0.1, 0.15) is 0 Å². The summed E-state index contributed by atoms with van der Waals surface area (Å²) in [5.41, 5.74) is 1.06. The van der Waals surface area contributed by atoms with Crippen molar-refractivity contribution in [2.45, 2.75) is 20.4 Å². The number of nitrogens with zero attached hydrogens (tertiary/aromatic N) is 2. The van der Waals surface area contributed by atoms with E-state index in [1.807, 2.05) is 13.0 Å². The molecule has 8 heteroatoms. The van der Waals surface area contributed by atoms with E-state index in [1.54, 1.807) is 24.0 Å². The second-order valence-corrected chi connectivity index (χ2v) is 6.71. The van der Waals surface area contributed by atoms with Gasteiger partial charge in [-0.3, -0.25) is 10.1 Å². The number of hydrogen-bond acceptors (Lipinski definition) is 4. The van der Waals surface area contributed by atoms with E-state index in [9.17, 15) is 14.9 Å². The zero-order chi connectivity index (χ0) is 17.0. The van der Waals surface area contributed by atoms with Crippen molar-refractivity contribution in [1.82, 2.24) is 4.90 Å². The summed E-state index contributed by atoms with van der Waals surface area (Å²) in [7, 11) is 0. The average molecular weight is 354 g/mol. The standard InChI is InChI=1S/C15H16ClN3O3S/c1-3-18(9-12-5-7-14(16)23-12)15(20)17-11-4-6-13(19(21)22)10(2)8-11/h4-8H,3,9H2,1-2H3,(H,17,20). The van der Waals surface area contributed by atoms with Crippen LogP contribution in [0.5, 0.6) is 0 Å². The van der Waals surface area contributed by atoms with Crippen LogP contribution < -0.4 is 5.32 Å². The Morgan fingerprint density at radius 1 is 1.39 bits per heavy atom. The van der Waals surface area contributed by atoms with E-state index in [1.165, 1.54) is 23.5 Å². The topological polar surface area (TPSA) is 75.5 Å². The molecule has 2 rings (SSSR count). The third-order valence-corrected chi connectivity index (χ3v) is 4.51. The van der Waals surface area contributed by atoms with Gasteiger partial charge >= 0.3 is 6.03 Å². The number of halogens is 1. The lowest BCUT2D eigenvalue weighted by Gasteiger charge is -2.20. The highest BCUT2D eigenvalue weighted by Gasteiger charge is 2.15. The number of urea groups is 1. The Morgan fingerprint density at radius 2 is 2.13 bits per heavy atom. The summed E-state index contributed by atoms with van der Waals surface area (Å²) in [4.78, 5) is 25.3. The highest BCUT2D eigenvalue weighted by Crippen LogP contribution is 2.24. The van der Waals surface area contributed by atoms with Crippen LogP contribution in [0.4, 0.5) is 16.2 Å². The van der Waals surface area contributed by atoms with Crippen molar-refractivity contribution in [3.8, 4) is 0 Å². The number of carbonyl (C=O) groups excluding carboxylic acids is 1. The minimum atomic E-state index is -0.445. The number of benzene rings is 1. The molecule has 0 bridgehead atoms. The van der Waals surface area contributed by atoms with Crippen molar-refractivity contribution in [2.24, 2.45) is 0 Å². The molecule has 0 atom stereocenters. The van der Waals surface area contributed by atoms with Crippen molar-refractivity contribution < 1.29 is 9.72 Å². The largest absolute Gasteiger partial charge is 0.322 e. The van der Waals surface area contributed by atoms with E-state index in [0.717, 1.165) is 4.88 Å². The van der Waals surface area contributed by atoms with Crippen molar-refractivity contribution in [3.05, 3.63) is 55.2 Å². The summed E-state index contributed by atoms with van der Waals surface area (Å²) >= 11 is 7.33. The number of rotatable bonds is 5. The maximum Gasteiger partial charge on any atom is 0.322 e. The lowest BCUT2D eigenvalue weighted by atomic mass is 10.2. The fraction of sp³-hybridized carbons (Fsp3) is 0.267.